The monoisotopic (exact) mass is 545 g/mol. The first-order valence-corrected chi connectivity index (χ1v) is 13.3. The Labute approximate surface area is 225 Å². The predicted molar refractivity (Wildman–Crippen MR) is 148 cm³/mol. The summed E-state index contributed by atoms with van der Waals surface area (Å²) in [6, 6.07) is 16.6. The maximum Gasteiger partial charge on any atom is 0.328 e. The Hall–Kier alpha value is -3.14. The van der Waals surface area contributed by atoms with Gasteiger partial charge in [0.1, 0.15) is 5.75 Å². The van der Waals surface area contributed by atoms with Crippen LogP contribution in [0.4, 0.5) is 5.13 Å². The lowest BCUT2D eigenvalue weighted by atomic mass is 10.0. The summed E-state index contributed by atoms with van der Waals surface area (Å²) in [6.45, 7) is 4.17. The molecule has 1 aliphatic heterocycles. The highest BCUT2D eigenvalue weighted by Gasteiger charge is 2.24. The van der Waals surface area contributed by atoms with E-state index in [4.69, 9.17) is 31.5 Å². The number of aromatic nitrogens is 1. The Balaban J connectivity index is 0.000000414. The van der Waals surface area contributed by atoms with Gasteiger partial charge in [0.15, 0.2) is 5.13 Å². The van der Waals surface area contributed by atoms with Gasteiger partial charge in [-0.25, -0.2) is 14.6 Å². The fourth-order valence-electron chi connectivity index (χ4n) is 4.04. The van der Waals surface area contributed by atoms with Gasteiger partial charge in [0.25, 0.3) is 0 Å². The zero-order valence-corrected chi connectivity index (χ0v) is 22.3. The van der Waals surface area contributed by atoms with E-state index in [-0.39, 0.29) is 0 Å². The Bertz CT molecular complexity index is 1150. The third-order valence-electron chi connectivity index (χ3n) is 5.91. The van der Waals surface area contributed by atoms with Gasteiger partial charge < -0.3 is 24.7 Å². The van der Waals surface area contributed by atoms with Crippen molar-refractivity contribution < 1.29 is 24.5 Å². The first kappa shape index (κ1) is 28.4. The molecular weight excluding hydrogens is 514 g/mol. The Kier molecular flexibility index (Phi) is 11.2. The number of piperidine rings is 1. The van der Waals surface area contributed by atoms with Crippen LogP contribution in [0.1, 0.15) is 25.7 Å². The normalized spacial score (nSPS) is 15.8. The number of ether oxygens (including phenoxy) is 1. The molecule has 2 N–H and O–H groups in total. The zero-order valence-electron chi connectivity index (χ0n) is 20.8. The van der Waals surface area contributed by atoms with Crippen molar-refractivity contribution in [1.82, 2.24) is 9.88 Å². The van der Waals surface area contributed by atoms with Crippen molar-refractivity contribution >= 4 is 50.2 Å². The van der Waals surface area contributed by atoms with Crippen LogP contribution in [0, 0.1) is 0 Å². The van der Waals surface area contributed by atoms with E-state index in [1.165, 1.54) is 24.1 Å². The molecule has 10 heteroatoms. The highest BCUT2D eigenvalue weighted by atomic mass is 35.5. The number of carbonyl (C=O) groups is 2. The van der Waals surface area contributed by atoms with Crippen LogP contribution in [0.5, 0.6) is 5.75 Å². The first-order chi connectivity index (χ1) is 17.8. The molecule has 1 aromatic heterocycles. The molecule has 0 saturated carbocycles. The molecule has 1 unspecified atom stereocenters. The number of thiazole rings is 1. The number of carboxylic acids is 2. The molecule has 8 nitrogen and oxygen atoms in total. The fraction of sp³-hybridized carbons (Fsp3) is 0.370. The minimum absolute atomic E-state index is 0.534. The zero-order chi connectivity index (χ0) is 26.6. The number of carboxylic acid groups (broad SMARTS) is 2. The van der Waals surface area contributed by atoms with Crippen molar-refractivity contribution in [2.24, 2.45) is 0 Å². The molecule has 3 aromatic rings. The third-order valence-corrected chi connectivity index (χ3v) is 7.28. The smallest absolute Gasteiger partial charge is 0.328 e. The molecule has 1 fully saturated rings. The van der Waals surface area contributed by atoms with Crippen molar-refractivity contribution in [2.75, 3.05) is 38.2 Å². The van der Waals surface area contributed by atoms with Gasteiger partial charge in [-0.15, -0.1) is 0 Å². The molecule has 2 heterocycles. The second kappa shape index (κ2) is 14.6. The molecule has 0 amide bonds. The molecule has 0 aliphatic carbocycles. The molecule has 1 atom stereocenters. The average molecular weight is 546 g/mol. The summed E-state index contributed by atoms with van der Waals surface area (Å²) in [7, 11) is 2.20. The van der Waals surface area contributed by atoms with Crippen LogP contribution in [0.3, 0.4) is 0 Å². The number of para-hydroxylation sites is 1. The van der Waals surface area contributed by atoms with Crippen molar-refractivity contribution in [2.45, 2.75) is 31.7 Å². The standard InChI is InChI=1S/C23H28ClN3OS.C4H4O4/c1-26(23-25-21-11-2-3-12-22(21)29-23)19-9-7-14-27(17-19)13-4-5-15-28-20-10-6-8-18(24)16-20;5-3(6)1-2-4(7)8/h2-3,6,8,10-12,16,19H,4-5,7,9,13-15,17H2,1H3;1-2H,(H,5,6)(H,7,8). The molecule has 4 rings (SSSR count). The van der Waals surface area contributed by atoms with E-state index in [1.807, 2.05) is 24.3 Å². The van der Waals surface area contributed by atoms with Crippen LogP contribution < -0.4 is 9.64 Å². The van der Waals surface area contributed by atoms with Crippen LogP contribution in [0.15, 0.2) is 60.7 Å². The van der Waals surface area contributed by atoms with Gasteiger partial charge in [-0.1, -0.05) is 41.1 Å². The number of benzene rings is 2. The van der Waals surface area contributed by atoms with E-state index in [1.54, 1.807) is 11.3 Å². The molecule has 198 valence electrons. The number of nitrogens with zero attached hydrogens (tertiary/aromatic N) is 3. The van der Waals surface area contributed by atoms with Gasteiger partial charge in [-0.05, 0) is 69.1 Å². The molecule has 0 spiro atoms. The maximum absolute atomic E-state index is 9.55. The minimum Gasteiger partial charge on any atom is -0.494 e. The Morgan fingerprint density at radius 3 is 2.62 bits per heavy atom. The molecule has 37 heavy (non-hydrogen) atoms. The lowest BCUT2D eigenvalue weighted by molar-refractivity contribution is -0.134. The van der Waals surface area contributed by atoms with Crippen molar-refractivity contribution in [1.29, 1.82) is 0 Å². The van der Waals surface area contributed by atoms with Crippen LogP contribution in [0.25, 0.3) is 10.2 Å². The van der Waals surface area contributed by atoms with Crippen LogP contribution in [-0.2, 0) is 9.59 Å². The molecule has 0 bridgehead atoms. The Morgan fingerprint density at radius 2 is 1.92 bits per heavy atom. The molecular formula is C27H32ClN3O5S. The summed E-state index contributed by atoms with van der Waals surface area (Å²) in [4.78, 5) is 28.9. The quantitative estimate of drug-likeness (QED) is 0.257. The predicted octanol–water partition coefficient (Wildman–Crippen LogP) is 5.42. The second-order valence-corrected chi connectivity index (χ2v) is 10.1. The van der Waals surface area contributed by atoms with Gasteiger partial charge in [0, 0.05) is 36.8 Å². The summed E-state index contributed by atoms with van der Waals surface area (Å²) in [5, 5.41) is 17.5. The van der Waals surface area contributed by atoms with E-state index < -0.39 is 11.9 Å². The number of aliphatic carboxylic acids is 2. The molecule has 2 aromatic carbocycles. The van der Waals surface area contributed by atoms with Gasteiger partial charge in [0.05, 0.1) is 16.8 Å². The number of likely N-dealkylation sites (N-methyl/N-ethyl adjacent to an activating group) is 1. The molecule has 0 radical (unpaired) electrons. The minimum atomic E-state index is -1.26. The number of hydrogen-bond donors (Lipinski definition) is 2. The van der Waals surface area contributed by atoms with Crippen LogP contribution in [-0.4, -0.2) is 71.4 Å². The van der Waals surface area contributed by atoms with Gasteiger partial charge >= 0.3 is 11.9 Å². The number of likely N-dealkylation sites (tertiary alicyclic amines) is 1. The number of halogens is 1. The van der Waals surface area contributed by atoms with Gasteiger partial charge in [-0.2, -0.15) is 0 Å². The summed E-state index contributed by atoms with van der Waals surface area (Å²) in [5.74, 6) is -1.66. The van der Waals surface area contributed by atoms with E-state index in [2.05, 4.69) is 41.1 Å². The summed E-state index contributed by atoms with van der Waals surface area (Å²) in [6.07, 6.45) is 5.81. The average Bonchev–Trinajstić information content (AvgIpc) is 3.32. The third kappa shape index (κ3) is 9.68. The lowest BCUT2D eigenvalue weighted by Gasteiger charge is -2.37. The van der Waals surface area contributed by atoms with Crippen molar-refractivity contribution in [3.8, 4) is 5.75 Å². The summed E-state index contributed by atoms with van der Waals surface area (Å²) >= 11 is 7.79. The summed E-state index contributed by atoms with van der Waals surface area (Å²) < 4.78 is 7.07. The fourth-order valence-corrected chi connectivity index (χ4v) is 5.22. The SMILES string of the molecule is CN(c1nc2ccccc2s1)C1CCCN(CCCCOc2cccc(Cl)c2)C1.O=C(O)C=CC(=O)O. The lowest BCUT2D eigenvalue weighted by Crippen LogP contribution is -2.46. The van der Waals surface area contributed by atoms with E-state index in [9.17, 15) is 9.59 Å². The van der Waals surface area contributed by atoms with Crippen molar-refractivity contribution in [3.63, 3.8) is 0 Å². The van der Waals surface area contributed by atoms with Crippen molar-refractivity contribution in [3.05, 3.63) is 65.7 Å². The number of rotatable bonds is 10. The Morgan fingerprint density at radius 1 is 1.16 bits per heavy atom. The second-order valence-electron chi connectivity index (χ2n) is 8.69. The molecule has 1 aliphatic rings. The number of unbranched alkanes of at least 4 members (excludes halogenated alkanes) is 1. The van der Waals surface area contributed by atoms with Gasteiger partial charge in [0.2, 0.25) is 0 Å². The topological polar surface area (TPSA) is 103 Å². The maximum atomic E-state index is 9.55. The highest BCUT2D eigenvalue weighted by Crippen LogP contribution is 2.30. The first-order valence-electron chi connectivity index (χ1n) is 12.1. The molecule has 1 saturated heterocycles. The van der Waals surface area contributed by atoms with E-state index in [0.717, 1.165) is 54.0 Å². The summed E-state index contributed by atoms with van der Waals surface area (Å²) in [5.41, 5.74) is 1.10. The largest absolute Gasteiger partial charge is 0.494 e. The van der Waals surface area contributed by atoms with E-state index >= 15 is 0 Å². The van der Waals surface area contributed by atoms with E-state index in [0.29, 0.717) is 18.2 Å². The van der Waals surface area contributed by atoms with Gasteiger partial charge in [-0.3, -0.25) is 0 Å². The number of hydrogen-bond acceptors (Lipinski definition) is 7. The van der Waals surface area contributed by atoms with Crippen LogP contribution >= 0.6 is 22.9 Å². The number of anilines is 1. The highest BCUT2D eigenvalue weighted by molar-refractivity contribution is 7.22. The number of fused-ring (bicyclic) bond motifs is 1. The van der Waals surface area contributed by atoms with Crippen LogP contribution in [0.2, 0.25) is 5.02 Å².